The van der Waals surface area contributed by atoms with Crippen molar-refractivity contribution >= 4 is 23.5 Å². The maximum atomic E-state index is 13.1. The Morgan fingerprint density at radius 3 is 2.38 bits per heavy atom. The largest absolute Gasteiger partial charge is 0.342 e. The zero-order valence-corrected chi connectivity index (χ0v) is 16.9. The molecule has 7 nitrogen and oxygen atoms in total. The number of nitrogens with zero attached hydrogens (tertiary/aromatic N) is 3. The molecule has 3 saturated heterocycles. The fourth-order valence-corrected chi connectivity index (χ4v) is 5.42. The molecule has 4 rings (SSSR count). The lowest BCUT2D eigenvalue weighted by Gasteiger charge is -2.47. The van der Waals surface area contributed by atoms with Gasteiger partial charge in [0, 0.05) is 51.3 Å². The molecule has 0 unspecified atom stereocenters. The summed E-state index contributed by atoms with van der Waals surface area (Å²) in [6.45, 7) is 6.40. The molecule has 2 atom stereocenters. The van der Waals surface area contributed by atoms with Gasteiger partial charge >= 0.3 is 6.03 Å². The van der Waals surface area contributed by atoms with Crippen molar-refractivity contribution in [1.82, 2.24) is 14.7 Å². The molecule has 3 heterocycles. The van der Waals surface area contributed by atoms with Gasteiger partial charge in [-0.15, -0.1) is 0 Å². The highest BCUT2D eigenvalue weighted by atomic mass is 19.1. The first-order chi connectivity index (χ1) is 13.9. The minimum Gasteiger partial charge on any atom is -0.342 e. The smallest absolute Gasteiger partial charge is 0.321 e. The molecule has 0 bridgehead atoms. The number of nitrogens with one attached hydrogen (secondary N) is 1. The number of carbonyl (C=O) groups excluding carboxylic acids is 3. The average molecular weight is 402 g/mol. The Hall–Kier alpha value is -2.64. The number of hydrogen-bond acceptors (Lipinski definition) is 3. The molecule has 0 radical (unpaired) electrons. The maximum Gasteiger partial charge on any atom is 0.321 e. The van der Waals surface area contributed by atoms with Gasteiger partial charge in [0.15, 0.2) is 0 Å². The summed E-state index contributed by atoms with van der Waals surface area (Å²) < 4.78 is 13.1. The second kappa shape index (κ2) is 7.31. The van der Waals surface area contributed by atoms with Gasteiger partial charge in [-0.3, -0.25) is 9.59 Å². The minimum atomic E-state index is -0.348. The molecular formula is C21H27FN4O3. The second-order valence-electron chi connectivity index (χ2n) is 8.25. The van der Waals surface area contributed by atoms with E-state index in [-0.39, 0.29) is 41.0 Å². The van der Waals surface area contributed by atoms with E-state index in [1.165, 1.54) is 24.3 Å². The van der Waals surface area contributed by atoms with Gasteiger partial charge in [0.25, 0.3) is 0 Å². The molecule has 1 spiro atoms. The Kier molecular flexibility index (Phi) is 4.96. The highest BCUT2D eigenvalue weighted by Crippen LogP contribution is 2.49. The molecule has 4 amide bonds. The molecule has 8 heteroatoms. The number of piperidine rings is 1. The number of amides is 4. The molecule has 3 fully saturated rings. The molecule has 156 valence electrons. The van der Waals surface area contributed by atoms with Crippen LogP contribution in [0.25, 0.3) is 0 Å². The summed E-state index contributed by atoms with van der Waals surface area (Å²) in [7, 11) is 0. The van der Waals surface area contributed by atoms with Crippen LogP contribution in [-0.4, -0.2) is 70.8 Å². The molecule has 1 aromatic carbocycles. The number of anilines is 1. The van der Waals surface area contributed by atoms with E-state index < -0.39 is 0 Å². The predicted molar refractivity (Wildman–Crippen MR) is 106 cm³/mol. The van der Waals surface area contributed by atoms with E-state index in [9.17, 15) is 18.8 Å². The van der Waals surface area contributed by atoms with Gasteiger partial charge in [-0.05, 0) is 44.0 Å². The van der Waals surface area contributed by atoms with E-state index in [4.69, 9.17) is 0 Å². The van der Waals surface area contributed by atoms with Crippen LogP contribution in [0.2, 0.25) is 0 Å². The number of halogens is 1. The predicted octanol–water partition coefficient (Wildman–Crippen LogP) is 2.15. The van der Waals surface area contributed by atoms with E-state index >= 15 is 0 Å². The number of hydrogen-bond donors (Lipinski definition) is 1. The van der Waals surface area contributed by atoms with Crippen molar-refractivity contribution in [3.63, 3.8) is 0 Å². The van der Waals surface area contributed by atoms with Gasteiger partial charge in [-0.2, -0.15) is 0 Å². The SMILES string of the molecule is CCN1C(=O)[C@H]2CN(C(C)=O)C[C@H]2C12CCN(C(=O)Nc1ccc(F)cc1)CC2. The Labute approximate surface area is 169 Å². The molecule has 0 aromatic heterocycles. The number of likely N-dealkylation sites (tertiary alicyclic amines) is 3. The summed E-state index contributed by atoms with van der Waals surface area (Å²) in [5.41, 5.74) is 0.267. The monoisotopic (exact) mass is 402 g/mol. The summed E-state index contributed by atoms with van der Waals surface area (Å²) in [5, 5.41) is 2.81. The lowest BCUT2D eigenvalue weighted by molar-refractivity contribution is -0.136. The normalized spacial score (nSPS) is 25.5. The van der Waals surface area contributed by atoms with Crippen LogP contribution < -0.4 is 5.32 Å². The third kappa shape index (κ3) is 3.24. The van der Waals surface area contributed by atoms with Crippen LogP contribution in [0.4, 0.5) is 14.9 Å². The Morgan fingerprint density at radius 1 is 1.14 bits per heavy atom. The zero-order valence-electron chi connectivity index (χ0n) is 16.9. The van der Waals surface area contributed by atoms with Crippen LogP contribution in [0.5, 0.6) is 0 Å². The number of carbonyl (C=O) groups is 3. The molecule has 1 aromatic rings. The highest BCUT2D eigenvalue weighted by molar-refractivity contribution is 5.89. The Bertz CT molecular complexity index is 820. The van der Waals surface area contributed by atoms with Crippen molar-refractivity contribution in [2.75, 3.05) is 38.0 Å². The van der Waals surface area contributed by atoms with Crippen LogP contribution in [0.1, 0.15) is 26.7 Å². The average Bonchev–Trinajstić information content (AvgIpc) is 3.24. The zero-order chi connectivity index (χ0) is 20.8. The van der Waals surface area contributed by atoms with Crippen molar-refractivity contribution < 1.29 is 18.8 Å². The van der Waals surface area contributed by atoms with Crippen LogP contribution >= 0.6 is 0 Å². The summed E-state index contributed by atoms with van der Waals surface area (Å²) in [6.07, 6.45) is 1.41. The molecular weight excluding hydrogens is 375 g/mol. The second-order valence-corrected chi connectivity index (χ2v) is 8.25. The van der Waals surface area contributed by atoms with Gasteiger partial charge in [0.1, 0.15) is 5.82 Å². The van der Waals surface area contributed by atoms with E-state index in [2.05, 4.69) is 5.32 Å². The third-order valence-electron chi connectivity index (χ3n) is 6.90. The van der Waals surface area contributed by atoms with Gasteiger partial charge in [0.05, 0.1) is 11.5 Å². The van der Waals surface area contributed by atoms with Crippen molar-refractivity contribution in [1.29, 1.82) is 0 Å². The first kappa shape index (κ1) is 19.7. The summed E-state index contributed by atoms with van der Waals surface area (Å²) >= 11 is 0. The minimum absolute atomic E-state index is 0.0153. The molecule has 3 aliphatic heterocycles. The lowest BCUT2D eigenvalue weighted by atomic mass is 9.75. The van der Waals surface area contributed by atoms with Crippen molar-refractivity contribution in [3.05, 3.63) is 30.1 Å². The van der Waals surface area contributed by atoms with E-state index in [1.54, 1.807) is 16.7 Å². The van der Waals surface area contributed by atoms with Gasteiger partial charge < -0.3 is 20.0 Å². The van der Waals surface area contributed by atoms with Crippen molar-refractivity contribution in [3.8, 4) is 0 Å². The summed E-state index contributed by atoms with van der Waals surface area (Å²) in [4.78, 5) is 43.0. The van der Waals surface area contributed by atoms with Crippen LogP contribution in [0, 0.1) is 17.7 Å². The molecule has 0 saturated carbocycles. The van der Waals surface area contributed by atoms with Crippen LogP contribution in [-0.2, 0) is 9.59 Å². The van der Waals surface area contributed by atoms with Crippen molar-refractivity contribution in [2.45, 2.75) is 32.2 Å². The fourth-order valence-electron chi connectivity index (χ4n) is 5.42. The quantitative estimate of drug-likeness (QED) is 0.824. The Morgan fingerprint density at radius 2 is 1.79 bits per heavy atom. The van der Waals surface area contributed by atoms with E-state index in [0.29, 0.717) is 51.3 Å². The van der Waals surface area contributed by atoms with Gasteiger partial charge in [-0.1, -0.05) is 0 Å². The number of fused-ring (bicyclic) bond motifs is 2. The molecule has 29 heavy (non-hydrogen) atoms. The van der Waals surface area contributed by atoms with Crippen LogP contribution in [0.15, 0.2) is 24.3 Å². The highest BCUT2D eigenvalue weighted by Gasteiger charge is 2.61. The topological polar surface area (TPSA) is 73.0 Å². The Balaban J connectivity index is 1.46. The van der Waals surface area contributed by atoms with Crippen LogP contribution in [0.3, 0.4) is 0 Å². The number of urea groups is 1. The van der Waals surface area contributed by atoms with E-state index in [1.807, 2.05) is 11.8 Å². The molecule has 1 N–H and O–H groups in total. The standard InChI is InChI=1S/C21H27FN4O3/c1-3-26-19(28)17-12-25(14(2)27)13-18(17)21(26)8-10-24(11-9-21)20(29)23-16-6-4-15(22)5-7-16/h4-7,17-18H,3,8-13H2,1-2H3,(H,23,29)/t17-,18+/m0/s1. The van der Waals surface area contributed by atoms with E-state index in [0.717, 1.165) is 0 Å². The fraction of sp³-hybridized carbons (Fsp3) is 0.571. The number of rotatable bonds is 2. The summed E-state index contributed by atoms with van der Waals surface area (Å²) in [5.74, 6) is -0.189. The third-order valence-corrected chi connectivity index (χ3v) is 6.90. The summed E-state index contributed by atoms with van der Waals surface area (Å²) in [6, 6.07) is 5.47. The molecule has 0 aliphatic carbocycles. The van der Waals surface area contributed by atoms with Crippen molar-refractivity contribution in [2.24, 2.45) is 11.8 Å². The first-order valence-electron chi connectivity index (χ1n) is 10.2. The maximum absolute atomic E-state index is 13.1. The lowest BCUT2D eigenvalue weighted by Crippen LogP contribution is -2.58. The van der Waals surface area contributed by atoms with Gasteiger partial charge in [-0.25, -0.2) is 9.18 Å². The van der Waals surface area contributed by atoms with Gasteiger partial charge in [0.2, 0.25) is 11.8 Å². The number of benzene rings is 1. The first-order valence-corrected chi connectivity index (χ1v) is 10.2. The molecule has 3 aliphatic rings.